The molecule has 33 valence electrons. The average molecular weight is 175 g/mol. The maximum Gasteiger partial charge on any atom is 0 e. The third kappa shape index (κ3) is 13.7. The van der Waals surface area contributed by atoms with Crippen molar-refractivity contribution in [3.05, 3.63) is 0 Å². The van der Waals surface area contributed by atoms with Crippen LogP contribution in [0.1, 0.15) is 0 Å². The molecule has 0 rings (SSSR count). The molecule has 0 aliphatic carbocycles. The van der Waals surface area contributed by atoms with Crippen molar-refractivity contribution in [3.8, 4) is 0 Å². The summed E-state index contributed by atoms with van der Waals surface area (Å²) < 4.78 is 0. The Kier molecular flexibility index (Phi) is 1130. The minimum atomic E-state index is 0. The van der Waals surface area contributed by atoms with Crippen molar-refractivity contribution < 1.29 is 30.4 Å². The van der Waals surface area contributed by atoms with E-state index in [1.54, 1.807) is 0 Å². The molecule has 0 aromatic heterocycles. The first-order valence-electron chi connectivity index (χ1n) is 0. The second-order valence-corrected chi connectivity index (χ2v) is 0. The Morgan fingerprint density at radius 1 is 0.750 bits per heavy atom. The van der Waals surface area contributed by atoms with Crippen LogP contribution < -0.4 is 0 Å². The van der Waals surface area contributed by atoms with Crippen molar-refractivity contribution in [2.45, 2.75) is 0 Å². The quantitative estimate of drug-likeness (QED) is 0.414. The Labute approximate surface area is 43.4 Å². The summed E-state index contributed by atoms with van der Waals surface area (Å²) in [5.41, 5.74) is 0. The van der Waals surface area contributed by atoms with E-state index in [4.69, 9.17) is 0 Å². The van der Waals surface area contributed by atoms with Crippen molar-refractivity contribution in [1.29, 1.82) is 0 Å². The third-order valence-corrected chi connectivity index (χ3v) is 0. The molecule has 1 radical (unpaired) electrons. The first kappa shape index (κ1) is 102. The van der Waals surface area contributed by atoms with Gasteiger partial charge in [0.05, 0.1) is 0 Å². The van der Waals surface area contributed by atoms with Crippen molar-refractivity contribution in [2.75, 3.05) is 0 Å². The van der Waals surface area contributed by atoms with Crippen LogP contribution in [0.25, 0.3) is 0 Å². The summed E-state index contributed by atoms with van der Waals surface area (Å²) >= 11 is 0. The average Bonchev–Trinajstić information content (AvgIpc) is 0. The maximum atomic E-state index is 0. The van der Waals surface area contributed by atoms with Crippen molar-refractivity contribution in [1.82, 2.24) is 0 Å². The third-order valence-electron chi connectivity index (χ3n) is 0. The molecule has 0 aliphatic rings. The van der Waals surface area contributed by atoms with Crippen molar-refractivity contribution in [2.24, 2.45) is 0 Å². The molecule has 0 aromatic carbocycles. The van der Waals surface area contributed by atoms with Gasteiger partial charge in [-0.1, -0.05) is 0 Å². The SMILES string of the molecule is Cl.O.O.[Rh]. The second kappa shape index (κ2) is 44.3. The van der Waals surface area contributed by atoms with Gasteiger partial charge in [-0.15, -0.1) is 12.4 Å². The molecule has 0 aliphatic heterocycles. The van der Waals surface area contributed by atoms with Gasteiger partial charge in [0.15, 0.2) is 0 Å². The summed E-state index contributed by atoms with van der Waals surface area (Å²) in [6, 6.07) is 0. The smallest absolute Gasteiger partial charge is 0 e. The summed E-state index contributed by atoms with van der Waals surface area (Å²) in [7, 11) is 0. The number of hydrogen-bond donors (Lipinski definition) is 0. The fourth-order valence-corrected chi connectivity index (χ4v) is 0. The normalized spacial score (nSPS) is 0. The minimum absolute atomic E-state index is 0. The number of hydrogen-bond acceptors (Lipinski definition) is 0. The van der Waals surface area contributed by atoms with Crippen LogP contribution in [-0.2, 0) is 19.5 Å². The summed E-state index contributed by atoms with van der Waals surface area (Å²) in [5, 5.41) is 0. The van der Waals surface area contributed by atoms with Crippen molar-refractivity contribution in [3.63, 3.8) is 0 Å². The molecule has 0 heterocycles. The second-order valence-electron chi connectivity index (χ2n) is 0. The number of rotatable bonds is 0. The molecule has 0 atom stereocenters. The summed E-state index contributed by atoms with van der Waals surface area (Å²) in [4.78, 5) is 0. The minimum Gasteiger partial charge on any atom is -0.412 e. The zero-order valence-corrected chi connectivity index (χ0v) is 4.20. The Bertz CT molecular complexity index is 6.00. The van der Waals surface area contributed by atoms with Gasteiger partial charge in [-0.3, -0.25) is 0 Å². The van der Waals surface area contributed by atoms with E-state index in [1.807, 2.05) is 0 Å². The fourth-order valence-electron chi connectivity index (χ4n) is 0. The van der Waals surface area contributed by atoms with Crippen LogP contribution in [-0.4, -0.2) is 11.0 Å². The van der Waals surface area contributed by atoms with E-state index in [0.717, 1.165) is 0 Å². The van der Waals surface area contributed by atoms with Gasteiger partial charge in [-0.25, -0.2) is 0 Å². The molecule has 0 bridgehead atoms. The Balaban J connectivity index is 0. The molecule has 2 nitrogen and oxygen atoms in total. The van der Waals surface area contributed by atoms with Crippen LogP contribution in [0, 0.1) is 0 Å². The van der Waals surface area contributed by atoms with Crippen molar-refractivity contribution >= 4 is 12.4 Å². The topological polar surface area (TPSA) is 63.0 Å². The van der Waals surface area contributed by atoms with E-state index >= 15 is 0 Å². The van der Waals surface area contributed by atoms with Crippen LogP contribution in [0.2, 0.25) is 0 Å². The van der Waals surface area contributed by atoms with E-state index < -0.39 is 0 Å². The zero-order chi connectivity index (χ0) is 0. The predicted octanol–water partition coefficient (Wildman–Crippen LogP) is -1.23. The molecule has 0 saturated carbocycles. The molecule has 0 amide bonds. The number of halogens is 1. The van der Waals surface area contributed by atoms with Gasteiger partial charge in [-0.05, 0) is 0 Å². The van der Waals surface area contributed by atoms with Crippen LogP contribution in [0.3, 0.4) is 0 Å². The monoisotopic (exact) mass is 175 g/mol. The van der Waals surface area contributed by atoms with Gasteiger partial charge in [0.25, 0.3) is 0 Å². The molecule has 0 unspecified atom stereocenters. The molecule has 0 fully saturated rings. The van der Waals surface area contributed by atoms with Crippen LogP contribution >= 0.6 is 12.4 Å². The van der Waals surface area contributed by atoms with E-state index in [1.165, 1.54) is 0 Å². The molecular weight excluding hydrogens is 170 g/mol. The summed E-state index contributed by atoms with van der Waals surface area (Å²) in [6.07, 6.45) is 0. The zero-order valence-electron chi connectivity index (χ0n) is 1.74. The Morgan fingerprint density at radius 3 is 0.750 bits per heavy atom. The maximum absolute atomic E-state index is 0. The molecular formula is H5ClO2Rh. The van der Waals surface area contributed by atoms with E-state index in [2.05, 4.69) is 0 Å². The van der Waals surface area contributed by atoms with Gasteiger partial charge in [0, 0.05) is 19.5 Å². The van der Waals surface area contributed by atoms with Gasteiger partial charge in [0.2, 0.25) is 0 Å². The molecule has 0 saturated heterocycles. The van der Waals surface area contributed by atoms with Gasteiger partial charge >= 0.3 is 0 Å². The molecule has 0 spiro atoms. The molecule has 4 heteroatoms. The van der Waals surface area contributed by atoms with Crippen LogP contribution in [0.4, 0.5) is 0 Å². The van der Waals surface area contributed by atoms with E-state index in [9.17, 15) is 0 Å². The Hall–Kier alpha value is 0.833. The largest absolute Gasteiger partial charge is 0.412 e. The molecule has 4 heavy (non-hydrogen) atoms. The van der Waals surface area contributed by atoms with Gasteiger partial charge in [-0.2, -0.15) is 0 Å². The summed E-state index contributed by atoms with van der Waals surface area (Å²) in [5.74, 6) is 0. The Morgan fingerprint density at radius 2 is 0.750 bits per heavy atom. The van der Waals surface area contributed by atoms with Gasteiger partial charge < -0.3 is 11.0 Å². The first-order valence-corrected chi connectivity index (χ1v) is 0. The van der Waals surface area contributed by atoms with Crippen LogP contribution in [0.15, 0.2) is 0 Å². The first-order chi connectivity index (χ1) is 0. The van der Waals surface area contributed by atoms with E-state index in [-0.39, 0.29) is 42.8 Å². The van der Waals surface area contributed by atoms with E-state index in [0.29, 0.717) is 0 Å². The summed E-state index contributed by atoms with van der Waals surface area (Å²) in [6.45, 7) is 0. The van der Waals surface area contributed by atoms with Crippen LogP contribution in [0.5, 0.6) is 0 Å². The molecule has 0 aromatic rings. The van der Waals surface area contributed by atoms with Gasteiger partial charge in [0.1, 0.15) is 0 Å². The predicted molar refractivity (Wildman–Crippen MR) is 14.5 cm³/mol. The fraction of sp³-hybridized carbons (Fsp3) is 0. The molecule has 4 N–H and O–H groups in total. The standard InChI is InChI=1S/ClH.2H2O.Rh/h1H;2*1H2;.